The Hall–Kier alpha value is -1.43. The summed E-state index contributed by atoms with van der Waals surface area (Å²) in [6.45, 7) is 1.18. The zero-order valence-electron chi connectivity index (χ0n) is 9.96. The molecule has 1 aromatic rings. The summed E-state index contributed by atoms with van der Waals surface area (Å²) in [5.41, 5.74) is 7.37. The highest BCUT2D eigenvalue weighted by Gasteiger charge is 2.02. The number of carbonyl (C=O) groups excluding carboxylic acids is 1. The van der Waals surface area contributed by atoms with Gasteiger partial charge in [-0.05, 0) is 18.2 Å². The predicted molar refractivity (Wildman–Crippen MR) is 74.1 cm³/mol. The lowest BCUT2D eigenvalue weighted by Crippen LogP contribution is -2.37. The Bertz CT molecular complexity index is 395. The van der Waals surface area contributed by atoms with E-state index in [-0.39, 0.29) is 6.03 Å². The fourth-order valence-electron chi connectivity index (χ4n) is 1.22. The Labute approximate surface area is 109 Å². The Morgan fingerprint density at radius 1 is 1.41 bits per heavy atom. The third-order valence-corrected chi connectivity index (χ3v) is 2.63. The molecule has 0 aliphatic rings. The molecule has 0 radical (unpaired) electrons. The summed E-state index contributed by atoms with van der Waals surface area (Å²) in [7, 11) is 3.41. The molecule has 2 amide bonds. The van der Waals surface area contributed by atoms with Gasteiger partial charge in [0.15, 0.2) is 0 Å². The number of hydrogen-bond donors (Lipinski definition) is 3. The van der Waals surface area contributed by atoms with Gasteiger partial charge in [0.05, 0.1) is 11.4 Å². The van der Waals surface area contributed by atoms with Gasteiger partial charge in [0.2, 0.25) is 0 Å². The maximum absolute atomic E-state index is 11.2. The van der Waals surface area contributed by atoms with Crippen LogP contribution in [0.5, 0.6) is 0 Å². The van der Waals surface area contributed by atoms with Crippen molar-refractivity contribution >= 4 is 33.3 Å². The first-order valence-electron chi connectivity index (χ1n) is 5.24. The van der Waals surface area contributed by atoms with E-state index in [4.69, 9.17) is 5.73 Å². The van der Waals surface area contributed by atoms with Crippen molar-refractivity contribution in [2.45, 2.75) is 0 Å². The van der Waals surface area contributed by atoms with E-state index in [2.05, 4.69) is 26.6 Å². The summed E-state index contributed by atoms with van der Waals surface area (Å²) in [4.78, 5) is 12.7. The van der Waals surface area contributed by atoms with Gasteiger partial charge in [-0.25, -0.2) is 4.79 Å². The molecular weight excluding hydrogens is 284 g/mol. The van der Waals surface area contributed by atoms with E-state index in [1.54, 1.807) is 14.1 Å². The summed E-state index contributed by atoms with van der Waals surface area (Å²) in [6.07, 6.45) is 0. The van der Waals surface area contributed by atoms with Gasteiger partial charge in [0.25, 0.3) is 0 Å². The maximum Gasteiger partial charge on any atom is 0.316 e. The van der Waals surface area contributed by atoms with Gasteiger partial charge >= 0.3 is 6.03 Å². The summed E-state index contributed by atoms with van der Waals surface area (Å²) in [5, 5.41) is 5.91. The average Bonchev–Trinajstić information content (AvgIpc) is 2.26. The smallest absolute Gasteiger partial charge is 0.316 e. The van der Waals surface area contributed by atoms with Crippen LogP contribution in [0.25, 0.3) is 0 Å². The summed E-state index contributed by atoms with van der Waals surface area (Å²) >= 11 is 3.34. The molecule has 0 aliphatic carbocycles. The minimum atomic E-state index is -0.101. The predicted octanol–water partition coefficient (Wildman–Crippen LogP) is 1.71. The largest absolute Gasteiger partial charge is 0.397 e. The first kappa shape index (κ1) is 13.6. The van der Waals surface area contributed by atoms with E-state index >= 15 is 0 Å². The molecule has 0 atom stereocenters. The lowest BCUT2D eigenvalue weighted by Gasteiger charge is -2.13. The van der Waals surface area contributed by atoms with Crippen LogP contribution in [0.3, 0.4) is 0 Å². The van der Waals surface area contributed by atoms with Gasteiger partial charge in [-0.3, -0.25) is 0 Å². The van der Waals surface area contributed by atoms with Crippen LogP contribution in [0.1, 0.15) is 0 Å². The highest BCUT2D eigenvalue weighted by Crippen LogP contribution is 2.22. The fourth-order valence-corrected chi connectivity index (χ4v) is 1.60. The van der Waals surface area contributed by atoms with E-state index in [1.807, 2.05) is 18.2 Å². The summed E-state index contributed by atoms with van der Waals surface area (Å²) in [5.74, 6) is 0. The van der Waals surface area contributed by atoms with E-state index in [0.717, 1.165) is 10.2 Å². The number of hydrogen-bond acceptors (Lipinski definition) is 3. The Kier molecular flexibility index (Phi) is 5.09. The van der Waals surface area contributed by atoms with Crippen molar-refractivity contribution in [2.75, 3.05) is 38.2 Å². The number of nitrogens with two attached hydrogens (primary N) is 1. The zero-order valence-corrected chi connectivity index (χ0v) is 11.5. The molecule has 17 heavy (non-hydrogen) atoms. The first-order valence-corrected chi connectivity index (χ1v) is 6.04. The molecule has 0 heterocycles. The second-order valence-electron chi connectivity index (χ2n) is 3.78. The third-order valence-electron chi connectivity index (χ3n) is 2.14. The highest BCUT2D eigenvalue weighted by atomic mass is 79.9. The van der Waals surface area contributed by atoms with E-state index in [1.165, 1.54) is 4.90 Å². The average molecular weight is 301 g/mol. The standard InChI is InChI=1S/C11H17BrN4O/c1-16(2)11(17)15-6-5-14-10-4-3-8(12)7-9(10)13/h3-4,7,14H,5-6,13H2,1-2H3,(H,15,17). The SMILES string of the molecule is CN(C)C(=O)NCCNc1ccc(Br)cc1N. The number of nitrogens with one attached hydrogen (secondary N) is 2. The molecule has 0 saturated heterocycles. The number of amides is 2. The lowest BCUT2D eigenvalue weighted by molar-refractivity contribution is 0.218. The minimum Gasteiger partial charge on any atom is -0.397 e. The third kappa shape index (κ3) is 4.52. The van der Waals surface area contributed by atoms with Crippen LogP contribution in [0.15, 0.2) is 22.7 Å². The Morgan fingerprint density at radius 3 is 2.71 bits per heavy atom. The monoisotopic (exact) mass is 300 g/mol. The molecule has 1 aromatic carbocycles. The van der Waals surface area contributed by atoms with Crippen LogP contribution >= 0.6 is 15.9 Å². The van der Waals surface area contributed by atoms with Crippen LogP contribution in [0.2, 0.25) is 0 Å². The van der Waals surface area contributed by atoms with Crippen molar-refractivity contribution in [3.63, 3.8) is 0 Å². The number of benzene rings is 1. The van der Waals surface area contributed by atoms with Crippen LogP contribution < -0.4 is 16.4 Å². The molecule has 1 rings (SSSR count). The van der Waals surface area contributed by atoms with Gasteiger partial charge in [-0.15, -0.1) is 0 Å². The van der Waals surface area contributed by atoms with Gasteiger partial charge in [-0.2, -0.15) is 0 Å². The molecule has 0 aliphatic heterocycles. The molecule has 4 N–H and O–H groups in total. The van der Waals surface area contributed by atoms with Crippen LogP contribution in [0.4, 0.5) is 16.2 Å². The molecule has 0 saturated carbocycles. The van der Waals surface area contributed by atoms with Crippen molar-refractivity contribution < 1.29 is 4.79 Å². The van der Waals surface area contributed by atoms with Crippen LogP contribution in [-0.4, -0.2) is 38.1 Å². The normalized spacial score (nSPS) is 9.82. The van der Waals surface area contributed by atoms with Crippen LogP contribution in [-0.2, 0) is 0 Å². The lowest BCUT2D eigenvalue weighted by atomic mass is 10.3. The van der Waals surface area contributed by atoms with Crippen molar-refractivity contribution in [3.8, 4) is 0 Å². The van der Waals surface area contributed by atoms with Crippen molar-refractivity contribution in [3.05, 3.63) is 22.7 Å². The fraction of sp³-hybridized carbons (Fsp3) is 0.364. The number of urea groups is 1. The van der Waals surface area contributed by atoms with Gasteiger partial charge in [0, 0.05) is 31.7 Å². The molecule has 0 fully saturated rings. The number of anilines is 2. The maximum atomic E-state index is 11.2. The van der Waals surface area contributed by atoms with Crippen molar-refractivity contribution in [1.29, 1.82) is 0 Å². The second kappa shape index (κ2) is 6.34. The molecule has 5 nitrogen and oxygen atoms in total. The topological polar surface area (TPSA) is 70.4 Å². The molecule has 0 spiro atoms. The van der Waals surface area contributed by atoms with E-state index in [9.17, 15) is 4.79 Å². The molecule has 0 unspecified atom stereocenters. The Morgan fingerprint density at radius 2 is 2.12 bits per heavy atom. The Balaban J connectivity index is 2.34. The highest BCUT2D eigenvalue weighted by molar-refractivity contribution is 9.10. The van der Waals surface area contributed by atoms with Crippen LogP contribution in [0, 0.1) is 0 Å². The second-order valence-corrected chi connectivity index (χ2v) is 4.70. The molecule has 94 valence electrons. The van der Waals surface area contributed by atoms with E-state index < -0.39 is 0 Å². The van der Waals surface area contributed by atoms with Gasteiger partial charge < -0.3 is 21.3 Å². The summed E-state index contributed by atoms with van der Waals surface area (Å²) < 4.78 is 0.946. The number of carbonyl (C=O) groups is 1. The number of nitrogen functional groups attached to an aromatic ring is 1. The number of rotatable bonds is 4. The minimum absolute atomic E-state index is 0.101. The molecular formula is C11H17BrN4O. The molecule has 0 bridgehead atoms. The van der Waals surface area contributed by atoms with Gasteiger partial charge in [0.1, 0.15) is 0 Å². The number of nitrogens with zero attached hydrogens (tertiary/aromatic N) is 1. The van der Waals surface area contributed by atoms with Gasteiger partial charge in [-0.1, -0.05) is 15.9 Å². The summed E-state index contributed by atoms with van der Waals surface area (Å²) in [6, 6.07) is 5.54. The quantitative estimate of drug-likeness (QED) is 0.586. The molecule has 6 heteroatoms. The first-order chi connectivity index (χ1) is 8.00. The number of halogens is 1. The van der Waals surface area contributed by atoms with Crippen molar-refractivity contribution in [2.24, 2.45) is 0 Å². The van der Waals surface area contributed by atoms with E-state index in [0.29, 0.717) is 18.8 Å². The molecule has 0 aromatic heterocycles. The van der Waals surface area contributed by atoms with Crippen molar-refractivity contribution in [1.82, 2.24) is 10.2 Å². The zero-order chi connectivity index (χ0) is 12.8.